The van der Waals surface area contributed by atoms with Crippen molar-refractivity contribution in [2.24, 2.45) is 0 Å². The second-order valence-electron chi connectivity index (χ2n) is 3.76. The average Bonchev–Trinajstić information content (AvgIpc) is 2.79. The van der Waals surface area contributed by atoms with Crippen LogP contribution in [0.1, 0.15) is 0 Å². The SMILES string of the molecule is O=S(=O)(NCCn1ccnn1)c1c(Cl)cc(Br)cc1Cl. The largest absolute Gasteiger partial charge is 0.251 e. The first kappa shape index (κ1) is 15.7. The van der Waals surface area contributed by atoms with E-state index < -0.39 is 10.0 Å². The maximum absolute atomic E-state index is 12.2. The number of hydrogen-bond acceptors (Lipinski definition) is 4. The van der Waals surface area contributed by atoms with Gasteiger partial charge in [-0.05, 0) is 12.1 Å². The number of nitrogens with zero attached hydrogens (tertiary/aromatic N) is 3. The van der Waals surface area contributed by atoms with E-state index in [0.717, 1.165) is 0 Å². The molecule has 2 rings (SSSR count). The van der Waals surface area contributed by atoms with Crippen molar-refractivity contribution in [2.45, 2.75) is 11.4 Å². The molecule has 0 radical (unpaired) electrons. The van der Waals surface area contributed by atoms with Gasteiger partial charge in [-0.25, -0.2) is 13.1 Å². The topological polar surface area (TPSA) is 76.9 Å². The van der Waals surface area contributed by atoms with Crippen molar-refractivity contribution in [3.05, 3.63) is 39.0 Å². The van der Waals surface area contributed by atoms with Gasteiger partial charge in [0.1, 0.15) is 4.90 Å². The highest BCUT2D eigenvalue weighted by molar-refractivity contribution is 9.10. The van der Waals surface area contributed by atoms with E-state index in [1.165, 1.54) is 23.0 Å². The van der Waals surface area contributed by atoms with Gasteiger partial charge < -0.3 is 0 Å². The lowest BCUT2D eigenvalue weighted by Crippen LogP contribution is -2.28. The van der Waals surface area contributed by atoms with Gasteiger partial charge in [0.15, 0.2) is 0 Å². The van der Waals surface area contributed by atoms with Gasteiger partial charge in [-0.1, -0.05) is 44.3 Å². The van der Waals surface area contributed by atoms with Crippen LogP contribution < -0.4 is 4.72 Å². The molecule has 1 aromatic carbocycles. The maximum atomic E-state index is 12.2. The van der Waals surface area contributed by atoms with Gasteiger partial charge >= 0.3 is 0 Å². The molecular weight excluding hydrogens is 391 g/mol. The normalized spacial score (nSPS) is 11.8. The van der Waals surface area contributed by atoms with Gasteiger partial charge in [0.2, 0.25) is 10.0 Å². The highest BCUT2D eigenvalue weighted by atomic mass is 79.9. The zero-order valence-electron chi connectivity index (χ0n) is 9.92. The Bertz CT molecular complexity index is 683. The first-order valence-corrected chi connectivity index (χ1v) is 8.41. The van der Waals surface area contributed by atoms with E-state index in [1.807, 2.05) is 0 Å². The van der Waals surface area contributed by atoms with Gasteiger partial charge in [-0.2, -0.15) is 0 Å². The lowest BCUT2D eigenvalue weighted by Gasteiger charge is -2.10. The lowest BCUT2D eigenvalue weighted by molar-refractivity contribution is 0.553. The van der Waals surface area contributed by atoms with E-state index in [1.54, 1.807) is 6.20 Å². The predicted octanol–water partition coefficient (Wildman–Crippen LogP) is 2.33. The summed E-state index contributed by atoms with van der Waals surface area (Å²) in [5.41, 5.74) is 0. The van der Waals surface area contributed by atoms with Crippen LogP contribution in [0.4, 0.5) is 0 Å². The van der Waals surface area contributed by atoms with E-state index in [-0.39, 0.29) is 21.5 Å². The van der Waals surface area contributed by atoms with E-state index in [4.69, 9.17) is 23.2 Å². The van der Waals surface area contributed by atoms with Crippen LogP contribution >= 0.6 is 39.1 Å². The zero-order valence-corrected chi connectivity index (χ0v) is 13.8. The predicted molar refractivity (Wildman–Crippen MR) is 79.4 cm³/mol. The first-order chi connectivity index (χ1) is 9.40. The molecule has 1 heterocycles. The maximum Gasteiger partial charge on any atom is 0.243 e. The fourth-order valence-electron chi connectivity index (χ4n) is 1.50. The number of hydrogen-bond donors (Lipinski definition) is 1. The van der Waals surface area contributed by atoms with Crippen molar-refractivity contribution in [1.82, 2.24) is 19.7 Å². The first-order valence-electron chi connectivity index (χ1n) is 5.38. The fraction of sp³-hybridized carbons (Fsp3) is 0.200. The number of halogens is 3. The number of nitrogens with one attached hydrogen (secondary N) is 1. The molecule has 108 valence electrons. The summed E-state index contributed by atoms with van der Waals surface area (Å²) in [6, 6.07) is 2.94. The molecule has 0 aliphatic carbocycles. The van der Waals surface area contributed by atoms with Gasteiger partial charge in [0.05, 0.1) is 22.8 Å². The number of rotatable bonds is 5. The Morgan fingerprint density at radius 3 is 2.50 bits per heavy atom. The molecule has 0 saturated heterocycles. The summed E-state index contributed by atoms with van der Waals surface area (Å²) in [5, 5.41) is 7.46. The zero-order chi connectivity index (χ0) is 14.8. The van der Waals surface area contributed by atoms with Crippen LogP contribution in [-0.2, 0) is 16.6 Å². The molecule has 1 N–H and O–H groups in total. The molecule has 0 aliphatic rings. The molecular formula is C10H9BrCl2N4O2S. The molecule has 0 bridgehead atoms. The Labute approximate surface area is 134 Å². The van der Waals surface area contributed by atoms with Crippen molar-refractivity contribution in [1.29, 1.82) is 0 Å². The van der Waals surface area contributed by atoms with Crippen LogP contribution in [0.15, 0.2) is 33.9 Å². The minimum atomic E-state index is -3.79. The highest BCUT2D eigenvalue weighted by Gasteiger charge is 2.21. The van der Waals surface area contributed by atoms with Crippen LogP contribution in [-0.4, -0.2) is 30.0 Å². The molecule has 10 heteroatoms. The third-order valence-corrected chi connectivity index (χ3v) is 5.18. The average molecular weight is 400 g/mol. The minimum absolute atomic E-state index is 0.0534. The molecule has 0 amide bonds. The van der Waals surface area contributed by atoms with E-state index in [9.17, 15) is 8.42 Å². The monoisotopic (exact) mass is 398 g/mol. The van der Waals surface area contributed by atoms with E-state index in [0.29, 0.717) is 11.0 Å². The van der Waals surface area contributed by atoms with E-state index in [2.05, 4.69) is 31.0 Å². The molecule has 0 saturated carbocycles. The molecule has 2 aromatic rings. The summed E-state index contributed by atoms with van der Waals surface area (Å²) in [5.74, 6) is 0. The summed E-state index contributed by atoms with van der Waals surface area (Å²) in [6.45, 7) is 0.499. The van der Waals surface area contributed by atoms with Crippen molar-refractivity contribution < 1.29 is 8.42 Å². The smallest absolute Gasteiger partial charge is 0.243 e. The van der Waals surface area contributed by atoms with Crippen LogP contribution in [0.2, 0.25) is 10.0 Å². The summed E-state index contributed by atoms with van der Waals surface area (Å²) in [6.07, 6.45) is 3.14. The summed E-state index contributed by atoms with van der Waals surface area (Å²) in [4.78, 5) is -0.136. The van der Waals surface area contributed by atoms with Crippen molar-refractivity contribution in [3.63, 3.8) is 0 Å². The second kappa shape index (κ2) is 6.40. The lowest BCUT2D eigenvalue weighted by atomic mass is 10.4. The van der Waals surface area contributed by atoms with Crippen LogP contribution in [0.5, 0.6) is 0 Å². The van der Waals surface area contributed by atoms with Crippen LogP contribution in [0, 0.1) is 0 Å². The van der Waals surface area contributed by atoms with Crippen molar-refractivity contribution >= 4 is 49.2 Å². The van der Waals surface area contributed by atoms with Crippen molar-refractivity contribution in [2.75, 3.05) is 6.54 Å². The Morgan fingerprint density at radius 1 is 1.30 bits per heavy atom. The fourth-order valence-corrected chi connectivity index (χ4v) is 4.46. The Kier molecular flexibility index (Phi) is 5.03. The molecule has 0 unspecified atom stereocenters. The van der Waals surface area contributed by atoms with Crippen LogP contribution in [0.3, 0.4) is 0 Å². The second-order valence-corrected chi connectivity index (χ2v) is 7.20. The summed E-state index contributed by atoms with van der Waals surface area (Å²) < 4.78 is 28.9. The van der Waals surface area contributed by atoms with Gasteiger partial charge in [0.25, 0.3) is 0 Å². The Hall–Kier alpha value is -0.670. The van der Waals surface area contributed by atoms with E-state index >= 15 is 0 Å². The molecule has 20 heavy (non-hydrogen) atoms. The molecule has 6 nitrogen and oxygen atoms in total. The summed E-state index contributed by atoms with van der Waals surface area (Å²) in [7, 11) is -3.79. The highest BCUT2D eigenvalue weighted by Crippen LogP contribution is 2.32. The standard InChI is InChI=1S/C10H9BrCl2N4O2S/c11-7-5-8(12)10(9(13)6-7)20(18,19)15-2-4-17-3-1-14-16-17/h1,3,5-6,15H,2,4H2. The molecule has 0 aliphatic heterocycles. The molecule has 0 spiro atoms. The number of aromatic nitrogens is 3. The Morgan fingerprint density at radius 2 is 1.95 bits per heavy atom. The third kappa shape index (κ3) is 3.70. The Balaban J connectivity index is 2.14. The number of benzene rings is 1. The molecule has 0 fully saturated rings. The van der Waals surface area contributed by atoms with Gasteiger partial charge in [-0.3, -0.25) is 4.68 Å². The molecule has 1 aromatic heterocycles. The minimum Gasteiger partial charge on any atom is -0.251 e. The number of sulfonamides is 1. The van der Waals surface area contributed by atoms with Crippen molar-refractivity contribution in [3.8, 4) is 0 Å². The summed E-state index contributed by atoms with van der Waals surface area (Å²) >= 11 is 15.1. The molecule has 0 atom stereocenters. The third-order valence-electron chi connectivity index (χ3n) is 2.34. The quantitative estimate of drug-likeness (QED) is 0.836. The van der Waals surface area contributed by atoms with Gasteiger partial charge in [-0.15, -0.1) is 5.10 Å². The van der Waals surface area contributed by atoms with Gasteiger partial charge in [0, 0.05) is 17.2 Å². The van der Waals surface area contributed by atoms with Crippen LogP contribution in [0.25, 0.3) is 0 Å².